The molecular formula is C7H11NWY-2. The zero-order chi connectivity index (χ0) is 6.57. The Balaban J connectivity index is -0.000000245. The molecule has 0 N–H and O–H groups in total. The molecule has 1 nitrogen and oxygen atoms in total. The summed E-state index contributed by atoms with van der Waals surface area (Å²) < 4.78 is 0. The maximum atomic E-state index is 4.91. The molecule has 0 aromatic heterocycles. The number of rotatable bonds is 3. The van der Waals surface area contributed by atoms with E-state index < -0.39 is 0 Å². The van der Waals surface area contributed by atoms with Crippen LogP contribution in [0, 0.1) is 12.3 Å². The van der Waals surface area contributed by atoms with Gasteiger partial charge in [0.05, 0.1) is 0 Å². The molecule has 0 spiro atoms. The van der Waals surface area contributed by atoms with E-state index in [-0.39, 0.29) is 53.8 Å². The quantitative estimate of drug-likeness (QED) is 0.523. The molecule has 0 saturated heterocycles. The Hall–Kier alpha value is 1.07. The SMILES string of the molecule is [CH-]=NC(=C)[CH-]C(C)C.[W].[Y]. The summed E-state index contributed by atoms with van der Waals surface area (Å²) >= 11 is 0. The van der Waals surface area contributed by atoms with E-state index in [0.717, 1.165) is 0 Å². The minimum atomic E-state index is 0. The molecule has 0 saturated carbocycles. The van der Waals surface area contributed by atoms with Gasteiger partial charge in [0.1, 0.15) is 0 Å². The van der Waals surface area contributed by atoms with Crippen LogP contribution in [0.5, 0.6) is 0 Å². The zero-order valence-corrected chi connectivity index (χ0v) is 12.1. The van der Waals surface area contributed by atoms with Crippen LogP contribution >= 0.6 is 0 Å². The maximum Gasteiger partial charge on any atom is 0 e. The van der Waals surface area contributed by atoms with Gasteiger partial charge >= 0.3 is 0 Å². The van der Waals surface area contributed by atoms with Crippen LogP contribution in [0.1, 0.15) is 13.8 Å². The van der Waals surface area contributed by atoms with Crippen LogP contribution in [0.4, 0.5) is 0 Å². The molecular weight excluding hydrogens is 371 g/mol. The van der Waals surface area contributed by atoms with Crippen molar-refractivity contribution in [2.24, 2.45) is 10.9 Å². The molecule has 0 aliphatic rings. The van der Waals surface area contributed by atoms with E-state index in [2.05, 4.69) is 25.4 Å². The normalized spacial score (nSPS) is 7.10. The van der Waals surface area contributed by atoms with Gasteiger partial charge in [0.15, 0.2) is 0 Å². The van der Waals surface area contributed by atoms with Crippen LogP contribution in [0.15, 0.2) is 17.3 Å². The molecule has 0 rings (SSSR count). The third kappa shape index (κ3) is 11.8. The molecule has 0 aromatic carbocycles. The Morgan fingerprint density at radius 2 is 2.00 bits per heavy atom. The molecule has 0 aromatic rings. The first-order valence-corrected chi connectivity index (χ1v) is 2.61. The van der Waals surface area contributed by atoms with Crippen molar-refractivity contribution in [2.45, 2.75) is 13.8 Å². The molecule has 0 bridgehead atoms. The third-order valence-corrected chi connectivity index (χ3v) is 0.692. The largest absolute Gasteiger partial charge is 0.497 e. The molecule has 0 amide bonds. The number of hydrogen-bond acceptors (Lipinski definition) is 1. The smallest absolute Gasteiger partial charge is 0 e. The summed E-state index contributed by atoms with van der Waals surface area (Å²) in [5.74, 6) is 0.481. The number of aliphatic imine (C=N–C) groups is 1. The van der Waals surface area contributed by atoms with Crippen LogP contribution in [-0.2, 0) is 53.8 Å². The van der Waals surface area contributed by atoms with Gasteiger partial charge in [-0.1, -0.05) is 13.8 Å². The third-order valence-electron chi connectivity index (χ3n) is 0.692. The first kappa shape index (κ1) is 17.2. The molecule has 0 aliphatic heterocycles. The van der Waals surface area contributed by atoms with Gasteiger partial charge < -0.3 is 11.6 Å². The van der Waals surface area contributed by atoms with Gasteiger partial charge in [-0.05, 0) is 0 Å². The first-order valence-electron chi connectivity index (χ1n) is 2.61. The Kier molecular flexibility index (Phi) is 17.4. The van der Waals surface area contributed by atoms with Gasteiger partial charge in [0.25, 0.3) is 0 Å². The fraction of sp³-hybridized carbons (Fsp3) is 0.429. The Morgan fingerprint density at radius 1 is 1.60 bits per heavy atom. The Labute approximate surface area is 103 Å². The van der Waals surface area contributed by atoms with Gasteiger partial charge in [-0.3, -0.25) is 12.1 Å². The molecule has 10 heavy (non-hydrogen) atoms. The first-order chi connectivity index (χ1) is 3.66. The summed E-state index contributed by atoms with van der Waals surface area (Å²) in [4.78, 5) is 3.38. The summed E-state index contributed by atoms with van der Waals surface area (Å²) in [5, 5.41) is 0. The molecule has 1 radical (unpaired) electrons. The molecule has 0 heterocycles. The van der Waals surface area contributed by atoms with Crippen molar-refractivity contribution in [3.63, 3.8) is 0 Å². The molecule has 0 atom stereocenters. The van der Waals surface area contributed by atoms with Gasteiger partial charge in [-0.15, -0.1) is 5.92 Å². The van der Waals surface area contributed by atoms with Gasteiger partial charge in [0.2, 0.25) is 0 Å². The van der Waals surface area contributed by atoms with Crippen LogP contribution in [0.2, 0.25) is 0 Å². The fourth-order valence-electron chi connectivity index (χ4n) is 0.428. The van der Waals surface area contributed by atoms with Crippen molar-refractivity contribution in [2.75, 3.05) is 0 Å². The number of nitrogens with zero attached hydrogens (tertiary/aromatic N) is 1. The van der Waals surface area contributed by atoms with E-state index in [4.69, 9.17) is 6.72 Å². The van der Waals surface area contributed by atoms with Crippen LogP contribution in [-0.4, -0.2) is 6.72 Å². The second kappa shape index (κ2) is 10.1. The van der Waals surface area contributed by atoms with E-state index in [9.17, 15) is 0 Å². The Bertz CT molecular complexity index is 102. The molecule has 0 aliphatic carbocycles. The van der Waals surface area contributed by atoms with Crippen molar-refractivity contribution in [3.8, 4) is 0 Å². The monoisotopic (exact) mass is 382 g/mol. The summed E-state index contributed by atoms with van der Waals surface area (Å²) in [7, 11) is 0. The van der Waals surface area contributed by atoms with E-state index in [1.54, 1.807) is 0 Å². The van der Waals surface area contributed by atoms with Gasteiger partial charge in [0, 0.05) is 53.8 Å². The van der Waals surface area contributed by atoms with Gasteiger partial charge in [-0.25, -0.2) is 0 Å². The minimum absolute atomic E-state index is 0. The zero-order valence-electron chi connectivity index (χ0n) is 6.37. The van der Waals surface area contributed by atoms with E-state index in [1.165, 1.54) is 0 Å². The average Bonchev–Trinajstić information content (AvgIpc) is 1.65. The van der Waals surface area contributed by atoms with Crippen LogP contribution in [0.25, 0.3) is 0 Å². The number of allylic oxidation sites excluding steroid dienone is 1. The summed E-state index contributed by atoms with van der Waals surface area (Å²) in [6.07, 6.45) is 1.90. The van der Waals surface area contributed by atoms with Crippen molar-refractivity contribution >= 4 is 6.72 Å². The maximum absolute atomic E-state index is 4.91. The van der Waals surface area contributed by atoms with Crippen molar-refractivity contribution < 1.29 is 53.8 Å². The van der Waals surface area contributed by atoms with Crippen LogP contribution < -0.4 is 0 Å². The molecule has 0 unspecified atom stereocenters. The van der Waals surface area contributed by atoms with Crippen molar-refractivity contribution in [3.05, 3.63) is 18.7 Å². The second-order valence-electron chi connectivity index (χ2n) is 2.03. The molecule has 3 heteroatoms. The molecule has 0 fully saturated rings. The summed E-state index contributed by atoms with van der Waals surface area (Å²) in [6.45, 7) is 12.6. The van der Waals surface area contributed by atoms with E-state index in [1.807, 2.05) is 6.42 Å². The predicted molar refractivity (Wildman–Crippen MR) is 36.8 cm³/mol. The Morgan fingerprint density at radius 3 is 2.10 bits per heavy atom. The summed E-state index contributed by atoms with van der Waals surface area (Å²) in [5.41, 5.74) is 0.653. The average molecular weight is 382 g/mol. The topological polar surface area (TPSA) is 12.4 Å². The standard InChI is InChI=1S/C7H11N.W.Y/c1-6(2)5-7(3)8-4;;/h4-6H,3H2,1-2H3;;/q-2;;. The second-order valence-corrected chi connectivity index (χ2v) is 2.03. The van der Waals surface area contributed by atoms with Gasteiger partial charge in [-0.2, -0.15) is 6.72 Å². The minimum Gasteiger partial charge on any atom is -0.497 e. The van der Waals surface area contributed by atoms with E-state index in [0.29, 0.717) is 11.6 Å². The fourth-order valence-corrected chi connectivity index (χ4v) is 0.428. The van der Waals surface area contributed by atoms with Crippen LogP contribution in [0.3, 0.4) is 0 Å². The predicted octanol–water partition coefficient (Wildman–Crippen LogP) is 1.93. The van der Waals surface area contributed by atoms with E-state index >= 15 is 0 Å². The summed E-state index contributed by atoms with van der Waals surface area (Å²) in [6, 6.07) is 0. The van der Waals surface area contributed by atoms with Crippen molar-refractivity contribution in [1.29, 1.82) is 0 Å². The number of hydrogen-bond donors (Lipinski definition) is 0. The molecule has 55 valence electrons. The van der Waals surface area contributed by atoms with Crippen molar-refractivity contribution in [1.82, 2.24) is 0 Å².